The molecule has 1 fully saturated rings. The van der Waals surface area contributed by atoms with Crippen molar-refractivity contribution in [2.24, 2.45) is 0 Å². The van der Waals surface area contributed by atoms with E-state index in [0.717, 1.165) is 0 Å². The molecule has 2 heterocycles. The number of methoxy groups -OCH3 is 1. The van der Waals surface area contributed by atoms with E-state index in [4.69, 9.17) is 35.1 Å². The summed E-state index contributed by atoms with van der Waals surface area (Å²) in [5.41, 5.74) is -1.33. The third-order valence-corrected chi connectivity index (χ3v) is 8.39. The number of ketones is 1. The van der Waals surface area contributed by atoms with Crippen LogP contribution in [0.1, 0.15) is 34.1 Å². The SMILES string of the molecule is CO[C@]1(C)[C@H](O)[C@@H](COP(=S)(N[C@@H](C)C(=O)OC(C)C)Oc2ccccc2)O[C@H]1N1C=CC(=O)CC1=O. The Morgan fingerprint density at radius 3 is 2.57 bits per heavy atom. The lowest BCUT2D eigenvalue weighted by molar-refractivity contribution is -0.163. The first-order valence-electron chi connectivity index (χ1n) is 11.8. The first kappa shape index (κ1) is 29.4. The van der Waals surface area contributed by atoms with E-state index in [2.05, 4.69) is 5.09 Å². The molecule has 2 aliphatic heterocycles. The molecular formula is C24H33N2O9PS. The molecule has 0 radical (unpaired) electrons. The van der Waals surface area contributed by atoms with Crippen LogP contribution in [-0.2, 0) is 44.9 Å². The Hall–Kier alpha value is -2.18. The molecule has 2 aliphatic rings. The number of carbonyl (C=O) groups excluding carboxylic acids is 3. The van der Waals surface area contributed by atoms with Crippen LogP contribution in [0.25, 0.3) is 0 Å². The summed E-state index contributed by atoms with van der Waals surface area (Å²) < 4.78 is 28.8. The maximum atomic E-state index is 12.5. The number of esters is 1. The Morgan fingerprint density at radius 2 is 1.97 bits per heavy atom. The van der Waals surface area contributed by atoms with Gasteiger partial charge in [-0.15, -0.1) is 0 Å². The van der Waals surface area contributed by atoms with Crippen LogP contribution in [0.4, 0.5) is 0 Å². The number of benzene rings is 1. The van der Waals surface area contributed by atoms with E-state index in [-0.39, 0.29) is 24.9 Å². The van der Waals surface area contributed by atoms with Gasteiger partial charge in [0.2, 0.25) is 5.91 Å². The Kier molecular flexibility index (Phi) is 9.62. The van der Waals surface area contributed by atoms with Crippen molar-refractivity contribution >= 4 is 36.1 Å². The van der Waals surface area contributed by atoms with Crippen molar-refractivity contribution in [1.29, 1.82) is 0 Å². The normalized spacial score (nSPS) is 28.3. The molecule has 1 aromatic rings. The highest BCUT2D eigenvalue weighted by atomic mass is 32.5. The summed E-state index contributed by atoms with van der Waals surface area (Å²) in [6, 6.07) is 7.87. The van der Waals surface area contributed by atoms with E-state index >= 15 is 0 Å². The summed E-state index contributed by atoms with van der Waals surface area (Å²) in [4.78, 5) is 37.8. The molecule has 0 spiro atoms. The molecule has 0 aromatic heterocycles. The van der Waals surface area contributed by atoms with Crippen molar-refractivity contribution in [3.63, 3.8) is 0 Å². The maximum Gasteiger partial charge on any atom is 0.323 e. The van der Waals surface area contributed by atoms with Gasteiger partial charge in [0.05, 0.1) is 19.1 Å². The smallest absolute Gasteiger partial charge is 0.323 e. The Bertz CT molecular complexity index is 1070. The number of rotatable bonds is 11. The van der Waals surface area contributed by atoms with Gasteiger partial charge in [0, 0.05) is 13.3 Å². The number of allylic oxidation sites excluding steroid dienone is 1. The summed E-state index contributed by atoms with van der Waals surface area (Å²) >= 11 is 5.70. The van der Waals surface area contributed by atoms with Crippen molar-refractivity contribution in [1.82, 2.24) is 9.99 Å². The summed E-state index contributed by atoms with van der Waals surface area (Å²) in [6.07, 6.45) is -1.28. The lowest BCUT2D eigenvalue weighted by Gasteiger charge is -2.37. The highest BCUT2D eigenvalue weighted by Crippen LogP contribution is 2.47. The van der Waals surface area contributed by atoms with Gasteiger partial charge < -0.3 is 28.4 Å². The van der Waals surface area contributed by atoms with Crippen LogP contribution in [0.5, 0.6) is 5.75 Å². The van der Waals surface area contributed by atoms with Crippen LogP contribution in [0.15, 0.2) is 42.6 Å². The molecule has 3 rings (SSSR count). The van der Waals surface area contributed by atoms with Gasteiger partial charge in [-0.1, -0.05) is 18.2 Å². The molecule has 1 aromatic carbocycles. The van der Waals surface area contributed by atoms with Gasteiger partial charge in [0.15, 0.2) is 12.0 Å². The van der Waals surface area contributed by atoms with E-state index in [1.165, 1.54) is 24.3 Å². The zero-order valence-electron chi connectivity index (χ0n) is 21.4. The van der Waals surface area contributed by atoms with Gasteiger partial charge in [-0.05, 0) is 57.7 Å². The Balaban J connectivity index is 1.79. The number of carbonyl (C=O) groups is 3. The summed E-state index contributed by atoms with van der Waals surface area (Å²) in [7, 11) is 1.39. The summed E-state index contributed by atoms with van der Waals surface area (Å²) in [5, 5.41) is 14.0. The molecule has 37 heavy (non-hydrogen) atoms. The maximum absolute atomic E-state index is 12.5. The van der Waals surface area contributed by atoms with Crippen molar-refractivity contribution in [2.75, 3.05) is 13.7 Å². The fourth-order valence-corrected chi connectivity index (χ4v) is 6.26. The second-order valence-electron chi connectivity index (χ2n) is 9.15. The Labute approximate surface area is 221 Å². The minimum Gasteiger partial charge on any atom is -0.462 e. The average molecular weight is 557 g/mol. The lowest BCUT2D eigenvalue weighted by atomic mass is 9.95. The van der Waals surface area contributed by atoms with Crippen LogP contribution in [-0.4, -0.2) is 77.6 Å². The van der Waals surface area contributed by atoms with Crippen molar-refractivity contribution in [3.8, 4) is 5.75 Å². The number of para-hydroxylation sites is 1. The van der Waals surface area contributed by atoms with Crippen LogP contribution in [0, 0.1) is 0 Å². The van der Waals surface area contributed by atoms with Crippen LogP contribution < -0.4 is 9.61 Å². The average Bonchev–Trinajstić information content (AvgIpc) is 3.08. The van der Waals surface area contributed by atoms with Gasteiger partial charge in [-0.3, -0.25) is 19.3 Å². The van der Waals surface area contributed by atoms with Crippen LogP contribution in [0.3, 0.4) is 0 Å². The number of aliphatic hydroxyl groups excluding tert-OH is 1. The molecule has 2 N–H and O–H groups in total. The first-order chi connectivity index (χ1) is 17.4. The van der Waals surface area contributed by atoms with E-state index < -0.39 is 48.6 Å². The summed E-state index contributed by atoms with van der Waals surface area (Å²) in [5.74, 6) is -0.914. The second-order valence-corrected chi connectivity index (χ2v) is 12.3. The van der Waals surface area contributed by atoms with Gasteiger partial charge in [0.1, 0.15) is 29.6 Å². The van der Waals surface area contributed by atoms with Gasteiger partial charge in [-0.2, -0.15) is 0 Å². The zero-order valence-corrected chi connectivity index (χ0v) is 23.1. The number of hydrogen-bond donors (Lipinski definition) is 2. The zero-order chi connectivity index (χ0) is 27.4. The minimum absolute atomic E-state index is 0.246. The molecule has 204 valence electrons. The van der Waals surface area contributed by atoms with Crippen molar-refractivity contribution in [2.45, 2.75) is 70.3 Å². The molecular weight excluding hydrogens is 523 g/mol. The standard InChI is InChI=1S/C24H33N2O9PS/c1-15(2)33-22(30)16(3)25-36(37,35-18-9-7-6-8-10-18)32-14-19-21(29)24(4,31-5)23(34-19)26-12-11-17(27)13-20(26)28/h6-12,15-16,19,21,23,29H,13-14H2,1-5H3,(H,25,37)/t16-,19+,21+,23+,24+,36?/m0/s1. The molecule has 6 atom stereocenters. The van der Waals surface area contributed by atoms with Crippen LogP contribution >= 0.6 is 6.64 Å². The number of nitrogens with zero attached hydrogens (tertiary/aromatic N) is 1. The largest absolute Gasteiger partial charge is 0.462 e. The number of nitrogens with one attached hydrogen (secondary N) is 1. The summed E-state index contributed by atoms with van der Waals surface area (Å²) in [6.45, 7) is 3.01. The fourth-order valence-electron chi connectivity index (χ4n) is 3.84. The number of hydrogen-bond acceptors (Lipinski definition) is 10. The van der Waals surface area contributed by atoms with Crippen LogP contribution in [0.2, 0.25) is 0 Å². The third kappa shape index (κ3) is 7.02. The highest BCUT2D eigenvalue weighted by Gasteiger charge is 2.57. The minimum atomic E-state index is -3.38. The van der Waals surface area contributed by atoms with E-state index in [1.54, 1.807) is 52.0 Å². The third-order valence-electron chi connectivity index (χ3n) is 5.90. The number of aliphatic hydroxyl groups is 1. The number of ether oxygens (including phenoxy) is 3. The topological polar surface area (TPSA) is 133 Å². The van der Waals surface area contributed by atoms with E-state index in [9.17, 15) is 19.5 Å². The highest BCUT2D eigenvalue weighted by molar-refractivity contribution is 8.09. The van der Waals surface area contributed by atoms with Gasteiger partial charge in [-0.25, -0.2) is 5.09 Å². The molecule has 13 heteroatoms. The quantitative estimate of drug-likeness (QED) is 0.236. The van der Waals surface area contributed by atoms with Gasteiger partial charge in [0.25, 0.3) is 0 Å². The first-order valence-corrected chi connectivity index (χ1v) is 14.4. The van der Waals surface area contributed by atoms with E-state index in [0.29, 0.717) is 5.75 Å². The monoisotopic (exact) mass is 556 g/mol. The van der Waals surface area contributed by atoms with E-state index in [1.807, 2.05) is 6.07 Å². The molecule has 1 saturated heterocycles. The predicted octanol–water partition coefficient (Wildman–Crippen LogP) is 2.04. The second kappa shape index (κ2) is 12.1. The predicted molar refractivity (Wildman–Crippen MR) is 137 cm³/mol. The fraction of sp³-hybridized carbons (Fsp3) is 0.542. The molecule has 1 amide bonds. The molecule has 0 saturated carbocycles. The molecule has 0 aliphatic carbocycles. The molecule has 1 unspecified atom stereocenters. The molecule has 0 bridgehead atoms. The molecule has 11 nitrogen and oxygen atoms in total. The van der Waals surface area contributed by atoms with Gasteiger partial charge >= 0.3 is 12.6 Å². The number of amides is 1. The lowest BCUT2D eigenvalue weighted by Crippen LogP contribution is -2.55. The van der Waals surface area contributed by atoms with Crippen molar-refractivity contribution in [3.05, 3.63) is 42.6 Å². The van der Waals surface area contributed by atoms with Crippen molar-refractivity contribution < 1.29 is 42.7 Å². The Morgan fingerprint density at radius 1 is 1.30 bits per heavy atom.